The first-order valence-electron chi connectivity index (χ1n) is 9.37. The van der Waals surface area contributed by atoms with Gasteiger partial charge in [-0.25, -0.2) is 8.42 Å². The third kappa shape index (κ3) is 6.20. The summed E-state index contributed by atoms with van der Waals surface area (Å²) in [7, 11) is -3.44. The Hall–Kier alpha value is -1.76. The first-order valence-corrected chi connectivity index (χ1v) is 11.2. The van der Waals surface area contributed by atoms with Crippen molar-refractivity contribution in [3.63, 3.8) is 0 Å². The molecule has 1 aliphatic rings. The van der Waals surface area contributed by atoms with E-state index in [0.717, 1.165) is 18.8 Å². The van der Waals surface area contributed by atoms with Crippen LogP contribution in [0, 0.1) is 5.92 Å². The first-order chi connectivity index (χ1) is 12.3. The molecule has 1 aromatic carbocycles. The SMILES string of the molecule is CC(C)CNC(=O)CCN(c1ccc(N2CCCCC2)cc1)S(C)(=O)=O. The summed E-state index contributed by atoms with van der Waals surface area (Å²) >= 11 is 0. The average Bonchev–Trinajstić information content (AvgIpc) is 2.60. The highest BCUT2D eigenvalue weighted by Gasteiger charge is 2.19. The van der Waals surface area contributed by atoms with Gasteiger partial charge in [0.2, 0.25) is 15.9 Å². The third-order valence-electron chi connectivity index (χ3n) is 4.51. The van der Waals surface area contributed by atoms with Gasteiger partial charge in [0.15, 0.2) is 0 Å². The van der Waals surface area contributed by atoms with Gasteiger partial charge in [0.25, 0.3) is 0 Å². The molecule has 1 amide bonds. The maximum Gasteiger partial charge on any atom is 0.232 e. The number of nitrogens with one attached hydrogen (secondary N) is 1. The zero-order chi connectivity index (χ0) is 19.2. The molecular weight excluding hydrogens is 350 g/mol. The number of carbonyl (C=O) groups is 1. The second-order valence-corrected chi connectivity index (χ2v) is 9.25. The van der Waals surface area contributed by atoms with Crippen LogP contribution in [-0.2, 0) is 14.8 Å². The Morgan fingerprint density at radius 1 is 1.15 bits per heavy atom. The summed E-state index contributed by atoms with van der Waals surface area (Å²) in [6, 6.07) is 7.60. The van der Waals surface area contributed by atoms with Crippen molar-refractivity contribution in [2.24, 2.45) is 5.92 Å². The molecule has 6 nitrogen and oxygen atoms in total. The van der Waals surface area contributed by atoms with E-state index in [9.17, 15) is 13.2 Å². The van der Waals surface area contributed by atoms with Gasteiger partial charge in [0.1, 0.15) is 0 Å². The molecule has 1 saturated heterocycles. The van der Waals surface area contributed by atoms with Crippen LogP contribution in [0.25, 0.3) is 0 Å². The van der Waals surface area contributed by atoms with Gasteiger partial charge in [-0.3, -0.25) is 9.10 Å². The summed E-state index contributed by atoms with van der Waals surface area (Å²) in [5, 5.41) is 2.83. The van der Waals surface area contributed by atoms with E-state index in [1.807, 2.05) is 38.1 Å². The normalized spacial score (nSPS) is 15.2. The maximum absolute atomic E-state index is 12.2. The van der Waals surface area contributed by atoms with Crippen LogP contribution in [0.3, 0.4) is 0 Å². The summed E-state index contributed by atoms with van der Waals surface area (Å²) in [5.41, 5.74) is 1.72. The summed E-state index contributed by atoms with van der Waals surface area (Å²) < 4.78 is 25.7. The van der Waals surface area contributed by atoms with Crippen molar-refractivity contribution in [1.82, 2.24) is 5.32 Å². The smallest absolute Gasteiger partial charge is 0.232 e. The number of benzene rings is 1. The quantitative estimate of drug-likeness (QED) is 0.751. The van der Waals surface area contributed by atoms with Crippen LogP contribution in [0.15, 0.2) is 24.3 Å². The van der Waals surface area contributed by atoms with Crippen LogP contribution in [0.1, 0.15) is 39.5 Å². The molecule has 1 N–H and O–H groups in total. The van der Waals surface area contributed by atoms with E-state index in [1.165, 1.54) is 29.8 Å². The lowest BCUT2D eigenvalue weighted by molar-refractivity contribution is -0.121. The maximum atomic E-state index is 12.2. The van der Waals surface area contributed by atoms with Gasteiger partial charge in [-0.1, -0.05) is 13.8 Å². The van der Waals surface area contributed by atoms with Crippen molar-refractivity contribution >= 4 is 27.3 Å². The number of hydrogen-bond acceptors (Lipinski definition) is 4. The molecule has 0 atom stereocenters. The summed E-state index contributed by atoms with van der Waals surface area (Å²) in [4.78, 5) is 14.3. The Morgan fingerprint density at radius 2 is 1.77 bits per heavy atom. The lowest BCUT2D eigenvalue weighted by Gasteiger charge is -2.29. The number of carbonyl (C=O) groups excluding carboxylic acids is 1. The number of anilines is 2. The number of hydrogen-bond donors (Lipinski definition) is 1. The van der Waals surface area contributed by atoms with Gasteiger partial charge >= 0.3 is 0 Å². The molecule has 1 fully saturated rings. The van der Waals surface area contributed by atoms with E-state index >= 15 is 0 Å². The Balaban J connectivity index is 2.03. The molecule has 2 rings (SSSR count). The Kier molecular flexibility index (Phi) is 7.32. The van der Waals surface area contributed by atoms with Gasteiger partial charge in [-0.05, 0) is 49.4 Å². The van der Waals surface area contributed by atoms with Crippen molar-refractivity contribution < 1.29 is 13.2 Å². The molecule has 0 bridgehead atoms. The fourth-order valence-corrected chi connectivity index (χ4v) is 4.01. The largest absolute Gasteiger partial charge is 0.372 e. The van der Waals surface area contributed by atoms with Crippen LogP contribution in [0.4, 0.5) is 11.4 Å². The highest BCUT2D eigenvalue weighted by atomic mass is 32.2. The fourth-order valence-electron chi connectivity index (χ4n) is 3.08. The summed E-state index contributed by atoms with van der Waals surface area (Å²) in [6.07, 6.45) is 4.99. The molecular formula is C19H31N3O3S. The number of piperidine rings is 1. The third-order valence-corrected chi connectivity index (χ3v) is 5.70. The summed E-state index contributed by atoms with van der Waals surface area (Å²) in [5.74, 6) is 0.240. The number of amides is 1. The van der Waals surface area contributed by atoms with Crippen LogP contribution in [0.2, 0.25) is 0 Å². The van der Waals surface area contributed by atoms with Gasteiger partial charge < -0.3 is 10.2 Å². The highest BCUT2D eigenvalue weighted by Crippen LogP contribution is 2.25. The molecule has 7 heteroatoms. The molecule has 1 heterocycles. The lowest BCUT2D eigenvalue weighted by atomic mass is 10.1. The van der Waals surface area contributed by atoms with Crippen molar-refractivity contribution in [2.45, 2.75) is 39.5 Å². The molecule has 0 unspecified atom stereocenters. The lowest BCUT2D eigenvalue weighted by Crippen LogP contribution is -2.35. The molecule has 1 aliphatic heterocycles. The zero-order valence-electron chi connectivity index (χ0n) is 16.1. The van der Waals surface area contributed by atoms with Crippen molar-refractivity contribution in [1.29, 1.82) is 0 Å². The number of nitrogens with zero attached hydrogens (tertiary/aromatic N) is 2. The molecule has 0 spiro atoms. The van der Waals surface area contributed by atoms with E-state index in [1.54, 1.807) is 0 Å². The summed E-state index contributed by atoms with van der Waals surface area (Å²) in [6.45, 7) is 6.88. The van der Waals surface area contributed by atoms with Crippen molar-refractivity contribution in [3.8, 4) is 0 Å². The van der Waals surface area contributed by atoms with E-state index < -0.39 is 10.0 Å². The van der Waals surface area contributed by atoms with Crippen LogP contribution < -0.4 is 14.5 Å². The predicted molar refractivity (Wildman–Crippen MR) is 107 cm³/mol. The van der Waals surface area contributed by atoms with Crippen molar-refractivity contribution in [2.75, 3.05) is 41.6 Å². The molecule has 26 heavy (non-hydrogen) atoms. The van der Waals surface area contributed by atoms with Crippen LogP contribution in [0.5, 0.6) is 0 Å². The topological polar surface area (TPSA) is 69.7 Å². The first kappa shape index (κ1) is 20.6. The minimum absolute atomic E-state index is 0.128. The minimum Gasteiger partial charge on any atom is -0.372 e. The Morgan fingerprint density at radius 3 is 2.31 bits per heavy atom. The predicted octanol–water partition coefficient (Wildman–Crippen LogP) is 2.61. The highest BCUT2D eigenvalue weighted by molar-refractivity contribution is 7.92. The van der Waals surface area contributed by atoms with E-state index in [4.69, 9.17) is 0 Å². The minimum atomic E-state index is -3.44. The van der Waals surface area contributed by atoms with Gasteiger partial charge in [-0.15, -0.1) is 0 Å². The van der Waals surface area contributed by atoms with Crippen LogP contribution >= 0.6 is 0 Å². The molecule has 146 valence electrons. The second-order valence-electron chi connectivity index (χ2n) is 7.35. The van der Waals surface area contributed by atoms with Crippen molar-refractivity contribution in [3.05, 3.63) is 24.3 Å². The van der Waals surface area contributed by atoms with E-state index in [0.29, 0.717) is 18.2 Å². The molecule has 0 saturated carbocycles. The van der Waals surface area contributed by atoms with Crippen LogP contribution in [-0.4, -0.2) is 46.8 Å². The zero-order valence-corrected chi connectivity index (χ0v) is 16.9. The van der Waals surface area contributed by atoms with Gasteiger partial charge in [0.05, 0.1) is 11.9 Å². The molecule has 0 radical (unpaired) electrons. The molecule has 0 aromatic heterocycles. The van der Waals surface area contributed by atoms with Gasteiger partial charge in [-0.2, -0.15) is 0 Å². The second kappa shape index (κ2) is 9.26. The van der Waals surface area contributed by atoms with E-state index in [2.05, 4.69) is 10.2 Å². The number of sulfonamides is 1. The monoisotopic (exact) mass is 381 g/mol. The molecule has 1 aromatic rings. The van der Waals surface area contributed by atoms with Gasteiger partial charge in [0, 0.05) is 38.3 Å². The number of rotatable bonds is 8. The Bertz CT molecular complexity index is 680. The fraction of sp³-hybridized carbons (Fsp3) is 0.632. The van der Waals surface area contributed by atoms with E-state index in [-0.39, 0.29) is 18.9 Å². The average molecular weight is 382 g/mol. The standard InChI is InChI=1S/C19H31N3O3S/c1-16(2)15-20-19(23)11-14-22(26(3,24)25)18-9-7-17(8-10-18)21-12-5-4-6-13-21/h7-10,16H,4-6,11-15H2,1-3H3,(H,20,23). The molecule has 0 aliphatic carbocycles. The Labute approximate surface area is 157 Å².